The number of aromatic carboxylic acids is 1. The van der Waals surface area contributed by atoms with Crippen LogP contribution in [0.5, 0.6) is 0 Å². The molecule has 1 aliphatic rings. The van der Waals surface area contributed by atoms with Crippen molar-refractivity contribution < 1.29 is 15.0 Å². The molecule has 1 aromatic heterocycles. The molecule has 6 heteroatoms. The van der Waals surface area contributed by atoms with Gasteiger partial charge in [0.15, 0.2) is 5.69 Å². The molecule has 0 spiro atoms. The summed E-state index contributed by atoms with van der Waals surface area (Å²) in [5.74, 6) is -0.599. The van der Waals surface area contributed by atoms with Gasteiger partial charge in [0, 0.05) is 13.1 Å². The number of rotatable bonds is 2. The zero-order chi connectivity index (χ0) is 11.8. The Balaban J connectivity index is 2.22. The first-order valence-electron chi connectivity index (χ1n) is 5.01. The molecule has 86 valence electrons. The Morgan fingerprint density at radius 1 is 1.56 bits per heavy atom. The lowest BCUT2D eigenvalue weighted by Crippen LogP contribution is -2.30. The van der Waals surface area contributed by atoms with E-state index < -0.39 is 11.6 Å². The van der Waals surface area contributed by atoms with Gasteiger partial charge in [-0.3, -0.25) is 4.98 Å². The smallest absolute Gasteiger partial charge is 0.356 e. The number of carboxylic acids is 1. The second-order valence-corrected chi connectivity index (χ2v) is 4.24. The van der Waals surface area contributed by atoms with Crippen molar-refractivity contribution >= 4 is 11.8 Å². The highest BCUT2D eigenvalue weighted by atomic mass is 16.4. The third-order valence-electron chi connectivity index (χ3n) is 2.62. The van der Waals surface area contributed by atoms with E-state index in [9.17, 15) is 9.90 Å². The second kappa shape index (κ2) is 3.71. The molecule has 2 heterocycles. The Morgan fingerprint density at radius 2 is 2.31 bits per heavy atom. The van der Waals surface area contributed by atoms with Crippen LogP contribution >= 0.6 is 0 Å². The molecule has 1 aliphatic heterocycles. The largest absolute Gasteiger partial charge is 0.476 e. The van der Waals surface area contributed by atoms with E-state index in [2.05, 4.69) is 9.97 Å². The Bertz CT molecular complexity index is 420. The standard InChI is InChI=1S/C10H13N3O3/c1-10(16)2-3-13(6-10)8-5-11-4-7(12-8)9(14)15/h4-5,16H,2-3,6H2,1H3,(H,14,15). The Morgan fingerprint density at radius 3 is 2.88 bits per heavy atom. The predicted octanol–water partition coefficient (Wildman–Crippen LogP) is 0.136. The molecule has 0 saturated carbocycles. The summed E-state index contributed by atoms with van der Waals surface area (Å²) in [4.78, 5) is 20.4. The van der Waals surface area contributed by atoms with E-state index in [1.165, 1.54) is 12.4 Å². The van der Waals surface area contributed by atoms with Crippen molar-refractivity contribution in [1.82, 2.24) is 9.97 Å². The third-order valence-corrected chi connectivity index (χ3v) is 2.62. The average Bonchev–Trinajstić information content (AvgIpc) is 2.59. The minimum absolute atomic E-state index is 0.0796. The molecule has 0 bridgehead atoms. The fourth-order valence-corrected chi connectivity index (χ4v) is 1.75. The highest BCUT2D eigenvalue weighted by Gasteiger charge is 2.32. The van der Waals surface area contributed by atoms with Crippen LogP contribution in [0, 0.1) is 0 Å². The molecule has 0 aliphatic carbocycles. The molecular formula is C10H13N3O3. The van der Waals surface area contributed by atoms with E-state index in [1.807, 2.05) is 4.90 Å². The van der Waals surface area contributed by atoms with Crippen LogP contribution in [0.15, 0.2) is 12.4 Å². The van der Waals surface area contributed by atoms with Gasteiger partial charge in [0.25, 0.3) is 0 Å². The van der Waals surface area contributed by atoms with Gasteiger partial charge < -0.3 is 15.1 Å². The van der Waals surface area contributed by atoms with Gasteiger partial charge in [0.05, 0.1) is 18.0 Å². The number of nitrogens with zero attached hydrogens (tertiary/aromatic N) is 3. The van der Waals surface area contributed by atoms with Crippen molar-refractivity contribution in [2.75, 3.05) is 18.0 Å². The van der Waals surface area contributed by atoms with Crippen molar-refractivity contribution in [2.45, 2.75) is 18.9 Å². The molecule has 2 N–H and O–H groups in total. The number of hydrogen-bond donors (Lipinski definition) is 2. The van der Waals surface area contributed by atoms with Gasteiger partial charge in [-0.25, -0.2) is 9.78 Å². The number of carboxylic acid groups (broad SMARTS) is 1. The van der Waals surface area contributed by atoms with Crippen molar-refractivity contribution in [3.63, 3.8) is 0 Å². The molecular weight excluding hydrogens is 210 g/mol. The predicted molar refractivity (Wildman–Crippen MR) is 56.4 cm³/mol. The van der Waals surface area contributed by atoms with E-state index in [4.69, 9.17) is 5.11 Å². The van der Waals surface area contributed by atoms with Gasteiger partial charge in [-0.05, 0) is 13.3 Å². The Hall–Kier alpha value is -1.69. The molecule has 1 aromatic rings. The van der Waals surface area contributed by atoms with E-state index in [1.54, 1.807) is 6.92 Å². The van der Waals surface area contributed by atoms with Crippen molar-refractivity contribution in [1.29, 1.82) is 0 Å². The first kappa shape index (κ1) is 10.8. The summed E-state index contributed by atoms with van der Waals surface area (Å²) in [6.45, 7) is 2.86. The second-order valence-electron chi connectivity index (χ2n) is 4.24. The SMILES string of the molecule is CC1(O)CCN(c2cncc(C(=O)O)n2)C1. The quantitative estimate of drug-likeness (QED) is 0.741. The van der Waals surface area contributed by atoms with Crippen LogP contribution in [0.25, 0.3) is 0 Å². The minimum Gasteiger partial charge on any atom is -0.476 e. The van der Waals surface area contributed by atoms with E-state index in [0.717, 1.165) is 0 Å². The van der Waals surface area contributed by atoms with Gasteiger partial charge in [-0.1, -0.05) is 0 Å². The molecule has 1 unspecified atom stereocenters. The number of aliphatic hydroxyl groups is 1. The monoisotopic (exact) mass is 223 g/mol. The van der Waals surface area contributed by atoms with Gasteiger partial charge in [0.1, 0.15) is 5.82 Å². The summed E-state index contributed by atoms with van der Waals surface area (Å²) >= 11 is 0. The van der Waals surface area contributed by atoms with Crippen molar-refractivity contribution in [2.24, 2.45) is 0 Å². The maximum absolute atomic E-state index is 10.7. The lowest BCUT2D eigenvalue weighted by Gasteiger charge is -2.19. The van der Waals surface area contributed by atoms with Crippen molar-refractivity contribution in [3.05, 3.63) is 18.1 Å². The lowest BCUT2D eigenvalue weighted by atomic mass is 10.1. The van der Waals surface area contributed by atoms with E-state index in [-0.39, 0.29) is 5.69 Å². The summed E-state index contributed by atoms with van der Waals surface area (Å²) in [6, 6.07) is 0. The highest BCUT2D eigenvalue weighted by Crippen LogP contribution is 2.24. The minimum atomic E-state index is -1.10. The molecule has 16 heavy (non-hydrogen) atoms. The van der Waals surface area contributed by atoms with Gasteiger partial charge in [-0.2, -0.15) is 0 Å². The Labute approximate surface area is 92.6 Å². The fraction of sp³-hybridized carbons (Fsp3) is 0.500. The molecule has 1 atom stereocenters. The van der Waals surface area contributed by atoms with Crippen LogP contribution in [-0.4, -0.2) is 44.8 Å². The van der Waals surface area contributed by atoms with Gasteiger partial charge in [0.2, 0.25) is 0 Å². The third kappa shape index (κ3) is 2.11. The van der Waals surface area contributed by atoms with Crippen LogP contribution in [0.1, 0.15) is 23.8 Å². The van der Waals surface area contributed by atoms with Crippen LogP contribution in [0.4, 0.5) is 5.82 Å². The van der Waals surface area contributed by atoms with E-state index >= 15 is 0 Å². The number of anilines is 1. The first-order valence-corrected chi connectivity index (χ1v) is 5.01. The maximum Gasteiger partial charge on any atom is 0.356 e. The van der Waals surface area contributed by atoms with Gasteiger partial charge in [-0.15, -0.1) is 0 Å². The summed E-state index contributed by atoms with van der Waals surface area (Å²) in [7, 11) is 0. The Kier molecular flexibility index (Phi) is 2.51. The number of hydrogen-bond acceptors (Lipinski definition) is 5. The molecule has 6 nitrogen and oxygen atoms in total. The number of carbonyl (C=O) groups is 1. The molecule has 2 rings (SSSR count). The fourth-order valence-electron chi connectivity index (χ4n) is 1.75. The van der Waals surface area contributed by atoms with Gasteiger partial charge >= 0.3 is 5.97 Å². The summed E-state index contributed by atoms with van der Waals surface area (Å²) in [5.41, 5.74) is -0.815. The molecule has 0 radical (unpaired) electrons. The normalized spacial score (nSPS) is 24.8. The molecule has 1 fully saturated rings. The zero-order valence-corrected chi connectivity index (χ0v) is 8.92. The average molecular weight is 223 g/mol. The number of aromatic nitrogens is 2. The topological polar surface area (TPSA) is 86.5 Å². The summed E-state index contributed by atoms with van der Waals surface area (Å²) < 4.78 is 0. The van der Waals surface area contributed by atoms with Crippen LogP contribution < -0.4 is 4.90 Å². The summed E-state index contributed by atoms with van der Waals surface area (Å²) in [6.07, 6.45) is 3.36. The van der Waals surface area contributed by atoms with Crippen LogP contribution in [-0.2, 0) is 0 Å². The lowest BCUT2D eigenvalue weighted by molar-refractivity contribution is 0.0690. The molecule has 0 amide bonds. The first-order chi connectivity index (χ1) is 7.48. The summed E-state index contributed by atoms with van der Waals surface area (Å²) in [5, 5.41) is 18.6. The molecule has 1 saturated heterocycles. The number of β-amino-alcohol motifs (C(OH)–C–C–N with tert-alkyl or cyclic N) is 1. The van der Waals surface area contributed by atoms with E-state index in [0.29, 0.717) is 25.3 Å². The maximum atomic E-state index is 10.7. The highest BCUT2D eigenvalue weighted by molar-refractivity contribution is 5.85. The van der Waals surface area contributed by atoms with Crippen LogP contribution in [0.3, 0.4) is 0 Å². The van der Waals surface area contributed by atoms with Crippen molar-refractivity contribution in [3.8, 4) is 0 Å². The molecule has 0 aromatic carbocycles. The van der Waals surface area contributed by atoms with Crippen LogP contribution in [0.2, 0.25) is 0 Å². The zero-order valence-electron chi connectivity index (χ0n) is 8.92.